The van der Waals surface area contributed by atoms with E-state index >= 15 is 0 Å². The Hall–Kier alpha value is -1.20. The van der Waals surface area contributed by atoms with Gasteiger partial charge in [0, 0.05) is 10.8 Å². The number of aliphatic hydroxyl groups is 1. The van der Waals surface area contributed by atoms with E-state index in [0.717, 1.165) is 17.7 Å². The van der Waals surface area contributed by atoms with Crippen LogP contribution in [-0.2, 0) is 29.8 Å². The molecule has 7 nitrogen and oxygen atoms in total. The van der Waals surface area contributed by atoms with Gasteiger partial charge < -0.3 is 24.2 Å². The molecule has 3 aliphatic rings. The molecule has 1 radical (unpaired) electrons. The van der Waals surface area contributed by atoms with Crippen molar-refractivity contribution in [1.82, 2.24) is 5.32 Å². The van der Waals surface area contributed by atoms with Crippen LogP contribution in [-0.4, -0.2) is 62.1 Å². The van der Waals surface area contributed by atoms with Gasteiger partial charge >= 0.3 is 13.5 Å². The topological polar surface area (TPSA) is 94.1 Å². The first-order valence-corrected chi connectivity index (χ1v) is 19.3. The second-order valence-electron chi connectivity index (χ2n) is 15.8. The minimum Gasteiger partial charge on any atom is -0.460 e. The van der Waals surface area contributed by atoms with Crippen molar-refractivity contribution in [3.05, 3.63) is 22.4 Å². The molecule has 0 saturated heterocycles. The van der Waals surface area contributed by atoms with E-state index in [9.17, 15) is 14.7 Å². The van der Waals surface area contributed by atoms with Crippen LogP contribution in [0.15, 0.2) is 17.5 Å². The summed E-state index contributed by atoms with van der Waals surface area (Å²) in [7, 11) is -0.482. The molecule has 2 N–H and O–H groups in total. The summed E-state index contributed by atoms with van der Waals surface area (Å²) in [5.74, 6) is -0.0707. The average molecular weight is 621 g/mol. The van der Waals surface area contributed by atoms with Gasteiger partial charge in [-0.3, -0.25) is 9.59 Å². The smallest absolute Gasteiger partial charge is 0.317 e. The predicted octanol–water partition coefficient (Wildman–Crippen LogP) is 6.46. The van der Waals surface area contributed by atoms with Crippen molar-refractivity contribution in [2.45, 2.75) is 148 Å². The van der Waals surface area contributed by atoms with Crippen LogP contribution in [0.1, 0.15) is 99.3 Å². The van der Waals surface area contributed by atoms with Crippen molar-refractivity contribution in [3.8, 4) is 0 Å². The summed E-state index contributed by atoms with van der Waals surface area (Å²) < 4.78 is 18.7. The second-order valence-corrected chi connectivity index (χ2v) is 21.6. The fraction of sp³-hybridized carbons (Fsp3) is 0.812. The molecule has 2 bridgehead atoms. The number of fused-ring (bicyclic) bond motifs is 2. The van der Waals surface area contributed by atoms with Crippen LogP contribution < -0.4 is 5.32 Å². The molecule has 1 heterocycles. The highest BCUT2D eigenvalue weighted by atomic mass is 32.1. The fourth-order valence-electron chi connectivity index (χ4n) is 6.25. The first-order valence-electron chi connectivity index (χ1n) is 15.5. The number of hydrogen-bond acceptors (Lipinski definition) is 7. The number of carbonyl (C=O) groups is 2. The predicted molar refractivity (Wildman–Crippen MR) is 173 cm³/mol. The maximum absolute atomic E-state index is 13.1. The molecule has 42 heavy (non-hydrogen) atoms. The van der Waals surface area contributed by atoms with Crippen LogP contribution in [0.2, 0.25) is 18.1 Å². The standard InChI is InChI=1S/C32H55BNO6SSi/c1-29(2,3)38-28(36)19-22(40-42(10,11)30(4,5)6)14-15-26(34-27(35)20-23-13-12-16-41-23)33-39-25-18-21-17-24(31(21,7)8)32(25,9)37/h12-13,16,21-22,24-26,37H,14-15,17-20H2,1-11H3,(H,34,35)/t21-,22?,24-,25+,26-,32-/m0/s1. The molecule has 0 aromatic carbocycles. The highest BCUT2D eigenvalue weighted by Crippen LogP contribution is 2.63. The lowest BCUT2D eigenvalue weighted by atomic mass is 9.43. The number of thiophene rings is 1. The van der Waals surface area contributed by atoms with Gasteiger partial charge in [-0.1, -0.05) is 40.7 Å². The van der Waals surface area contributed by atoms with Gasteiger partial charge in [0.1, 0.15) is 5.60 Å². The van der Waals surface area contributed by atoms with Gasteiger partial charge in [-0.15, -0.1) is 11.3 Å². The molecule has 10 heteroatoms. The van der Waals surface area contributed by atoms with Crippen molar-refractivity contribution in [1.29, 1.82) is 0 Å². The summed E-state index contributed by atoms with van der Waals surface area (Å²) in [4.78, 5) is 26.9. The van der Waals surface area contributed by atoms with Crippen LogP contribution >= 0.6 is 11.3 Å². The van der Waals surface area contributed by atoms with E-state index in [-0.39, 0.29) is 46.9 Å². The van der Waals surface area contributed by atoms with E-state index in [0.29, 0.717) is 25.2 Å². The Balaban J connectivity index is 1.72. The Bertz CT molecular complexity index is 1060. The highest BCUT2D eigenvalue weighted by molar-refractivity contribution is 7.10. The number of nitrogens with one attached hydrogen (secondary N) is 1. The Labute approximate surface area is 260 Å². The summed E-state index contributed by atoms with van der Waals surface area (Å²) in [5, 5.41) is 16.5. The van der Waals surface area contributed by atoms with Crippen LogP contribution in [0, 0.1) is 17.3 Å². The van der Waals surface area contributed by atoms with Crippen molar-refractivity contribution < 1.29 is 28.5 Å². The number of esters is 1. The molecule has 1 amide bonds. The SMILES string of the molecule is CC(C)(C)OC(=O)CC(CC[C@@H]([B]O[C@@H]1C[C@@H]2C[C@@H](C2(C)C)[C@]1(C)O)NC(=O)Cc1cccs1)O[Si](C)(C)C(C)(C)C. The van der Waals surface area contributed by atoms with Crippen molar-refractivity contribution in [3.63, 3.8) is 0 Å². The molecule has 0 aliphatic heterocycles. The minimum atomic E-state index is -2.19. The van der Waals surface area contributed by atoms with E-state index in [1.165, 1.54) is 0 Å². The molecular formula is C32H55BNO6SSi. The van der Waals surface area contributed by atoms with E-state index in [2.05, 4.69) is 53.0 Å². The van der Waals surface area contributed by atoms with Gasteiger partial charge in [0.2, 0.25) is 5.91 Å². The minimum absolute atomic E-state index is 0.0239. The maximum Gasteiger partial charge on any atom is 0.317 e. The van der Waals surface area contributed by atoms with Crippen LogP contribution in [0.5, 0.6) is 0 Å². The number of rotatable bonds is 13. The van der Waals surface area contributed by atoms with E-state index in [1.54, 1.807) is 18.8 Å². The molecule has 1 aromatic rings. The Morgan fingerprint density at radius 3 is 2.33 bits per heavy atom. The number of carbonyl (C=O) groups excluding carboxylic acids is 2. The molecule has 237 valence electrons. The second kappa shape index (κ2) is 13.0. The summed E-state index contributed by atoms with van der Waals surface area (Å²) in [6.07, 6.45) is 2.67. The molecule has 6 atom stereocenters. The summed E-state index contributed by atoms with van der Waals surface area (Å²) in [5.41, 5.74) is -1.41. The highest BCUT2D eigenvalue weighted by Gasteiger charge is 2.63. The maximum atomic E-state index is 13.1. The van der Waals surface area contributed by atoms with Gasteiger partial charge in [0.25, 0.3) is 0 Å². The largest absolute Gasteiger partial charge is 0.460 e. The van der Waals surface area contributed by atoms with Gasteiger partial charge in [0.15, 0.2) is 8.32 Å². The van der Waals surface area contributed by atoms with E-state index < -0.39 is 25.5 Å². The lowest BCUT2D eigenvalue weighted by molar-refractivity contribution is -0.239. The molecule has 1 unspecified atom stereocenters. The molecule has 1 aromatic heterocycles. The normalized spacial score (nSPS) is 27.0. The molecule has 3 aliphatic carbocycles. The quantitative estimate of drug-likeness (QED) is 0.194. The van der Waals surface area contributed by atoms with Gasteiger partial charge in [-0.2, -0.15) is 0 Å². The Morgan fingerprint density at radius 2 is 1.81 bits per heavy atom. The lowest BCUT2D eigenvalue weighted by Gasteiger charge is -2.65. The zero-order chi connectivity index (χ0) is 31.7. The van der Waals surface area contributed by atoms with Crippen molar-refractivity contribution in [2.24, 2.45) is 17.3 Å². The number of hydrogen-bond donors (Lipinski definition) is 2. The number of ether oxygens (including phenoxy) is 1. The third-order valence-electron chi connectivity index (χ3n) is 9.88. The first-order chi connectivity index (χ1) is 19.1. The summed E-state index contributed by atoms with van der Waals surface area (Å²) >= 11 is 1.55. The van der Waals surface area contributed by atoms with E-state index in [1.807, 2.05) is 45.2 Å². The molecule has 0 spiro atoms. The average Bonchev–Trinajstić information content (AvgIpc) is 3.31. The fourth-order valence-corrected chi connectivity index (χ4v) is 8.34. The zero-order valence-electron chi connectivity index (χ0n) is 27.8. The number of amides is 1. The first kappa shape index (κ1) is 35.3. The van der Waals surface area contributed by atoms with Crippen LogP contribution in [0.25, 0.3) is 0 Å². The molecule has 4 rings (SSSR count). The molecule has 3 saturated carbocycles. The Morgan fingerprint density at radius 1 is 1.14 bits per heavy atom. The third-order valence-corrected chi connectivity index (χ3v) is 15.3. The zero-order valence-corrected chi connectivity index (χ0v) is 29.7. The molecule has 3 fully saturated rings. The van der Waals surface area contributed by atoms with Crippen molar-refractivity contribution in [2.75, 3.05) is 0 Å². The van der Waals surface area contributed by atoms with Crippen molar-refractivity contribution >= 4 is 39.0 Å². The van der Waals surface area contributed by atoms with Crippen LogP contribution in [0.3, 0.4) is 0 Å². The van der Waals surface area contributed by atoms with Crippen LogP contribution in [0.4, 0.5) is 0 Å². The monoisotopic (exact) mass is 620 g/mol. The van der Waals surface area contributed by atoms with Gasteiger partial charge in [-0.05, 0) is 100 Å². The summed E-state index contributed by atoms with van der Waals surface area (Å²) in [6, 6.07) is 3.90. The van der Waals surface area contributed by atoms with Gasteiger partial charge in [0.05, 0.1) is 30.7 Å². The third kappa shape index (κ3) is 8.93. The molecular weight excluding hydrogens is 565 g/mol. The Kier molecular flexibility index (Phi) is 11.0. The van der Waals surface area contributed by atoms with Gasteiger partial charge in [-0.25, -0.2) is 0 Å². The summed E-state index contributed by atoms with van der Waals surface area (Å²) in [6.45, 7) is 22.9. The lowest BCUT2D eigenvalue weighted by Crippen LogP contribution is -2.67. The van der Waals surface area contributed by atoms with E-state index in [4.69, 9.17) is 13.8 Å².